The van der Waals surface area contributed by atoms with Crippen LogP contribution in [0.4, 0.5) is 0 Å². The third-order valence-electron chi connectivity index (χ3n) is 5.73. The molecule has 0 radical (unpaired) electrons. The molecule has 3 heterocycles. The van der Waals surface area contributed by atoms with Gasteiger partial charge in [0, 0.05) is 0 Å². The summed E-state index contributed by atoms with van der Waals surface area (Å²) in [5, 5.41) is 135. The topological polar surface area (TPSA) is 457 Å². The van der Waals surface area contributed by atoms with E-state index in [0.29, 0.717) is 0 Å². The standard InChI is InChI=1S/3C6H12O6.4HI.4H2O.2Sr/c3*7-2-6(11)5(10)4(9)3(8)1-12-6;;;;;;;;;;/h3*3-5,7-11H,1-2H2;4*1H;4*1H2;;/q;;;;;;;;;;;2*+2/p-4/t3*3-,4-,5+,6-;;;;;;;;;;/m111........../s1. The maximum absolute atomic E-state index is 9.24. The first-order chi connectivity index (χ1) is 16.5. The second kappa shape index (κ2) is 34.5. The van der Waals surface area contributed by atoms with E-state index in [0.717, 1.165) is 0 Å². The van der Waals surface area contributed by atoms with Crippen LogP contribution in [0.25, 0.3) is 0 Å². The molecular formula is C18H44I4O22Sr2. The summed E-state index contributed by atoms with van der Waals surface area (Å²) < 4.78 is 13.7. The molecule has 46 heavy (non-hydrogen) atoms. The third kappa shape index (κ3) is 20.6. The van der Waals surface area contributed by atoms with Gasteiger partial charge in [0.2, 0.25) is 17.4 Å². The summed E-state index contributed by atoms with van der Waals surface area (Å²) in [6.07, 6.45) is -13.4. The van der Waals surface area contributed by atoms with Crippen LogP contribution in [-0.2, 0) is 14.2 Å². The Labute approximate surface area is 404 Å². The predicted octanol–water partition coefficient (Wildman–Crippen LogP) is -25.7. The van der Waals surface area contributed by atoms with Gasteiger partial charge in [-0.05, 0) is 0 Å². The first-order valence-electron chi connectivity index (χ1n) is 10.6. The summed E-state index contributed by atoms with van der Waals surface area (Å²) in [6, 6.07) is 0. The van der Waals surface area contributed by atoms with Gasteiger partial charge in [0.1, 0.15) is 54.9 Å². The first-order valence-corrected chi connectivity index (χ1v) is 10.6. The number of hydrogen-bond donors (Lipinski definition) is 15. The van der Waals surface area contributed by atoms with E-state index in [9.17, 15) is 15.3 Å². The Bertz CT molecular complexity index is 607. The van der Waals surface area contributed by atoms with Crippen molar-refractivity contribution in [2.45, 2.75) is 72.3 Å². The molecule has 0 saturated carbocycles. The third-order valence-corrected chi connectivity index (χ3v) is 5.73. The largest absolute Gasteiger partial charge is 2.00 e. The molecule has 0 amide bonds. The van der Waals surface area contributed by atoms with Crippen LogP contribution in [0.2, 0.25) is 0 Å². The summed E-state index contributed by atoms with van der Waals surface area (Å²) in [5.74, 6) is -6.50. The van der Waals surface area contributed by atoms with Gasteiger partial charge in [0.15, 0.2) is 0 Å². The van der Waals surface area contributed by atoms with Crippen molar-refractivity contribution < 1.29 is 209 Å². The molecule has 23 N–H and O–H groups in total. The summed E-state index contributed by atoms with van der Waals surface area (Å²) >= 11 is 0. The Morgan fingerprint density at radius 3 is 0.696 bits per heavy atom. The van der Waals surface area contributed by atoms with Gasteiger partial charge in [-0.25, -0.2) is 0 Å². The molecule has 3 rings (SSSR count). The molecule has 3 aliphatic rings. The molecular weight excluding hydrogens is 1250 g/mol. The Morgan fingerprint density at radius 2 is 0.565 bits per heavy atom. The molecule has 0 bridgehead atoms. The molecule has 0 unspecified atom stereocenters. The Balaban J connectivity index is -0.0000000476. The Hall–Kier alpha value is 5.00. The Morgan fingerprint density at radius 1 is 0.413 bits per heavy atom. The molecule has 12 atom stereocenters. The van der Waals surface area contributed by atoms with Crippen molar-refractivity contribution in [3.63, 3.8) is 0 Å². The fourth-order valence-corrected chi connectivity index (χ4v) is 3.09. The van der Waals surface area contributed by atoms with Crippen LogP contribution >= 0.6 is 0 Å². The zero-order valence-electron chi connectivity index (χ0n) is 23.8. The zero-order valence-corrected chi connectivity index (χ0v) is 39.4. The average Bonchev–Trinajstić information content (AvgIpc) is 2.88. The molecule has 3 fully saturated rings. The van der Waals surface area contributed by atoms with Gasteiger partial charge < -0.3 is 209 Å². The van der Waals surface area contributed by atoms with Gasteiger partial charge in [-0.2, -0.15) is 0 Å². The van der Waals surface area contributed by atoms with Crippen molar-refractivity contribution >= 4 is 91.0 Å². The minimum absolute atomic E-state index is 0. The van der Waals surface area contributed by atoms with Crippen LogP contribution in [0.1, 0.15) is 0 Å². The molecule has 3 saturated heterocycles. The van der Waals surface area contributed by atoms with E-state index < -0.39 is 92.1 Å². The quantitative estimate of drug-likeness (QED) is 0.0922. The van der Waals surface area contributed by atoms with Crippen molar-refractivity contribution in [1.82, 2.24) is 0 Å². The fourth-order valence-electron chi connectivity index (χ4n) is 3.09. The minimum Gasteiger partial charge on any atom is -1.00 e. The number of hydrogen-bond acceptors (Lipinski definition) is 18. The first kappa shape index (κ1) is 75.8. The fraction of sp³-hybridized carbons (Fsp3) is 1.00. The second-order valence-electron chi connectivity index (χ2n) is 8.45. The van der Waals surface area contributed by atoms with Gasteiger partial charge in [-0.1, -0.05) is 0 Å². The van der Waals surface area contributed by atoms with E-state index in [2.05, 4.69) is 14.2 Å². The number of aliphatic hydroxyl groups is 15. The van der Waals surface area contributed by atoms with Crippen molar-refractivity contribution in [2.75, 3.05) is 39.6 Å². The van der Waals surface area contributed by atoms with Gasteiger partial charge in [-0.15, -0.1) is 0 Å². The minimum atomic E-state index is -2.17. The summed E-state index contributed by atoms with van der Waals surface area (Å²) in [7, 11) is 0. The molecule has 0 spiro atoms. The number of rotatable bonds is 3. The molecule has 28 heteroatoms. The molecule has 0 aromatic heterocycles. The molecule has 0 aliphatic carbocycles. The summed E-state index contributed by atoms with van der Waals surface area (Å²) in [6.45, 7) is -3.48. The van der Waals surface area contributed by atoms with Crippen molar-refractivity contribution in [3.8, 4) is 0 Å². The maximum Gasteiger partial charge on any atom is 2.00 e. The van der Waals surface area contributed by atoms with Crippen molar-refractivity contribution in [1.29, 1.82) is 0 Å². The maximum atomic E-state index is 9.24. The molecule has 3 aliphatic heterocycles. The average molecular weight is 1300 g/mol. The smallest absolute Gasteiger partial charge is 1.00 e. The molecule has 280 valence electrons. The van der Waals surface area contributed by atoms with E-state index in [1.54, 1.807) is 0 Å². The van der Waals surface area contributed by atoms with Crippen LogP contribution in [0.15, 0.2) is 0 Å². The SMILES string of the molecule is O.O.O.O.OC[C@@]1(O)OC[C@@H](O)[C@@H](O)[C@@H]1O.OC[C@@]1(O)OC[C@@H](O)[C@@H](O)[C@@H]1O.OC[C@@]1(O)OC[C@@H](O)[C@@H](O)[C@@H]1O.[I-].[I-].[I-].[I-].[Sr+2].[Sr+2]. The number of ether oxygens (including phenoxy) is 3. The van der Waals surface area contributed by atoms with E-state index in [-0.39, 0.29) is 229 Å². The van der Waals surface area contributed by atoms with Gasteiger partial charge in [-0.3, -0.25) is 0 Å². The van der Waals surface area contributed by atoms with Gasteiger partial charge in [0.05, 0.1) is 39.6 Å². The van der Waals surface area contributed by atoms with Gasteiger partial charge in [0.25, 0.3) is 0 Å². The van der Waals surface area contributed by atoms with Crippen molar-refractivity contribution in [3.05, 3.63) is 0 Å². The number of halogens is 4. The van der Waals surface area contributed by atoms with Crippen LogP contribution < -0.4 is 95.9 Å². The molecule has 0 aromatic carbocycles. The van der Waals surface area contributed by atoms with E-state index >= 15 is 0 Å². The Kier molecular flexibility index (Phi) is 56.9. The predicted molar refractivity (Wildman–Crippen MR) is 134 cm³/mol. The van der Waals surface area contributed by atoms with Crippen LogP contribution in [0.3, 0.4) is 0 Å². The summed E-state index contributed by atoms with van der Waals surface area (Å²) in [4.78, 5) is 0. The second-order valence-corrected chi connectivity index (χ2v) is 8.45. The van der Waals surface area contributed by atoms with Crippen LogP contribution in [0, 0.1) is 0 Å². The normalized spacial score (nSPS) is 38.5. The van der Waals surface area contributed by atoms with Crippen LogP contribution in [-0.4, -0.2) is 301 Å². The van der Waals surface area contributed by atoms with E-state index in [1.807, 2.05) is 0 Å². The van der Waals surface area contributed by atoms with Crippen LogP contribution in [0.5, 0.6) is 0 Å². The van der Waals surface area contributed by atoms with Gasteiger partial charge >= 0.3 is 91.0 Å². The monoisotopic (exact) mass is 1300 g/mol. The van der Waals surface area contributed by atoms with Crippen molar-refractivity contribution in [2.24, 2.45) is 0 Å². The van der Waals surface area contributed by atoms with E-state index in [4.69, 9.17) is 61.3 Å². The number of aliphatic hydroxyl groups excluding tert-OH is 12. The molecule has 0 aromatic rings. The summed E-state index contributed by atoms with van der Waals surface area (Å²) in [5.41, 5.74) is 0. The molecule has 22 nitrogen and oxygen atoms in total. The van der Waals surface area contributed by atoms with E-state index in [1.165, 1.54) is 0 Å². The zero-order chi connectivity index (χ0) is 28.1.